The van der Waals surface area contributed by atoms with E-state index in [1.54, 1.807) is 0 Å². The van der Waals surface area contributed by atoms with Gasteiger partial charge in [0.05, 0.1) is 11.4 Å². The summed E-state index contributed by atoms with van der Waals surface area (Å²) in [5, 5.41) is 0. The lowest BCUT2D eigenvalue weighted by Crippen LogP contribution is -2.17. The van der Waals surface area contributed by atoms with E-state index in [4.69, 9.17) is 5.73 Å². The van der Waals surface area contributed by atoms with Crippen LogP contribution in [0.2, 0.25) is 0 Å². The normalized spacial score (nSPS) is 10.4. The van der Waals surface area contributed by atoms with Gasteiger partial charge in [0.2, 0.25) is 0 Å². The Labute approximate surface area is 139 Å². The van der Waals surface area contributed by atoms with Crippen molar-refractivity contribution >= 4 is 33.0 Å². The van der Waals surface area contributed by atoms with Crippen LogP contribution in [0.15, 0.2) is 83.3 Å². The zero-order valence-electron chi connectivity index (χ0n) is 12.1. The SMILES string of the molecule is Nc1cc(Br)ccc1N(Cc1ccccc1)c1ccccc1. The molecule has 2 nitrogen and oxygen atoms in total. The molecule has 2 N–H and O–H groups in total. The van der Waals surface area contributed by atoms with Gasteiger partial charge in [-0.25, -0.2) is 0 Å². The zero-order valence-corrected chi connectivity index (χ0v) is 13.7. The van der Waals surface area contributed by atoms with Crippen molar-refractivity contribution in [3.05, 3.63) is 88.9 Å². The molecule has 0 amide bonds. The number of anilines is 3. The van der Waals surface area contributed by atoms with Crippen LogP contribution in [0.3, 0.4) is 0 Å². The fourth-order valence-corrected chi connectivity index (χ4v) is 2.84. The Bertz CT molecular complexity index is 742. The van der Waals surface area contributed by atoms with Gasteiger partial charge in [0.1, 0.15) is 0 Å². The molecule has 3 rings (SSSR count). The molecule has 0 saturated carbocycles. The van der Waals surface area contributed by atoms with E-state index in [0.29, 0.717) is 0 Å². The molecular formula is C19H17BrN2. The topological polar surface area (TPSA) is 29.3 Å². The Morgan fingerprint density at radius 2 is 1.45 bits per heavy atom. The third-order valence-electron chi connectivity index (χ3n) is 3.53. The molecule has 0 aromatic heterocycles. The van der Waals surface area contributed by atoms with E-state index < -0.39 is 0 Å². The van der Waals surface area contributed by atoms with Crippen molar-refractivity contribution in [2.24, 2.45) is 0 Å². The Balaban J connectivity index is 2.03. The average Bonchev–Trinajstić information content (AvgIpc) is 2.55. The van der Waals surface area contributed by atoms with Crippen LogP contribution in [0.25, 0.3) is 0 Å². The van der Waals surface area contributed by atoms with Crippen LogP contribution < -0.4 is 10.6 Å². The predicted molar refractivity (Wildman–Crippen MR) is 97.3 cm³/mol. The molecule has 0 radical (unpaired) electrons. The Morgan fingerprint density at radius 1 is 0.818 bits per heavy atom. The van der Waals surface area contributed by atoms with Crippen molar-refractivity contribution in [2.45, 2.75) is 6.54 Å². The van der Waals surface area contributed by atoms with E-state index in [9.17, 15) is 0 Å². The van der Waals surface area contributed by atoms with Crippen LogP contribution in [-0.4, -0.2) is 0 Å². The summed E-state index contributed by atoms with van der Waals surface area (Å²) in [6, 6.07) is 26.7. The highest BCUT2D eigenvalue weighted by Gasteiger charge is 2.13. The molecule has 0 atom stereocenters. The van der Waals surface area contributed by atoms with Crippen molar-refractivity contribution in [1.82, 2.24) is 0 Å². The Morgan fingerprint density at radius 3 is 2.09 bits per heavy atom. The second kappa shape index (κ2) is 6.67. The molecule has 0 heterocycles. The van der Waals surface area contributed by atoms with Crippen molar-refractivity contribution in [1.29, 1.82) is 0 Å². The lowest BCUT2D eigenvalue weighted by molar-refractivity contribution is 0.977. The monoisotopic (exact) mass is 352 g/mol. The first-order chi connectivity index (χ1) is 10.7. The molecular weight excluding hydrogens is 336 g/mol. The lowest BCUT2D eigenvalue weighted by atomic mass is 10.1. The minimum absolute atomic E-state index is 0.758. The van der Waals surface area contributed by atoms with E-state index in [0.717, 1.165) is 28.1 Å². The number of nitrogen functional groups attached to an aromatic ring is 1. The third-order valence-corrected chi connectivity index (χ3v) is 4.03. The fourth-order valence-electron chi connectivity index (χ4n) is 2.46. The van der Waals surface area contributed by atoms with Crippen LogP contribution in [0.4, 0.5) is 17.1 Å². The van der Waals surface area contributed by atoms with Crippen LogP contribution >= 0.6 is 15.9 Å². The van der Waals surface area contributed by atoms with E-state index in [2.05, 4.69) is 63.3 Å². The summed E-state index contributed by atoms with van der Waals surface area (Å²) in [4.78, 5) is 2.23. The number of halogens is 1. The second-order valence-corrected chi connectivity index (χ2v) is 6.03. The van der Waals surface area contributed by atoms with Gasteiger partial charge in [0.15, 0.2) is 0 Å². The first-order valence-corrected chi connectivity index (χ1v) is 7.95. The van der Waals surface area contributed by atoms with Crippen LogP contribution in [-0.2, 0) is 6.54 Å². The molecule has 3 heteroatoms. The quantitative estimate of drug-likeness (QED) is 0.639. The number of nitrogens with two attached hydrogens (primary N) is 1. The van der Waals surface area contributed by atoms with Crippen molar-refractivity contribution < 1.29 is 0 Å². The van der Waals surface area contributed by atoms with Crippen molar-refractivity contribution in [3.8, 4) is 0 Å². The number of benzene rings is 3. The smallest absolute Gasteiger partial charge is 0.0648 e. The molecule has 0 aliphatic rings. The highest BCUT2D eigenvalue weighted by Crippen LogP contribution is 2.33. The summed E-state index contributed by atoms with van der Waals surface area (Å²) >= 11 is 3.47. The van der Waals surface area contributed by atoms with Crippen molar-refractivity contribution in [2.75, 3.05) is 10.6 Å². The van der Waals surface area contributed by atoms with Gasteiger partial charge in [0, 0.05) is 16.7 Å². The molecule has 0 bridgehead atoms. The van der Waals surface area contributed by atoms with Gasteiger partial charge in [-0.3, -0.25) is 0 Å². The number of hydrogen-bond acceptors (Lipinski definition) is 2. The van der Waals surface area contributed by atoms with Crippen molar-refractivity contribution in [3.63, 3.8) is 0 Å². The number of para-hydroxylation sites is 1. The van der Waals surface area contributed by atoms with Gasteiger partial charge >= 0.3 is 0 Å². The standard InChI is InChI=1S/C19H17BrN2/c20-16-11-12-19(18(21)13-16)22(17-9-5-2-6-10-17)14-15-7-3-1-4-8-15/h1-13H,14,21H2. The lowest BCUT2D eigenvalue weighted by Gasteiger charge is -2.26. The molecule has 0 saturated heterocycles. The molecule has 0 unspecified atom stereocenters. The van der Waals surface area contributed by atoms with Gasteiger partial charge in [0.25, 0.3) is 0 Å². The molecule has 3 aromatic rings. The summed E-state index contributed by atoms with van der Waals surface area (Å²) in [5.74, 6) is 0. The van der Waals surface area contributed by atoms with E-state index in [1.165, 1.54) is 5.56 Å². The fraction of sp³-hybridized carbons (Fsp3) is 0.0526. The summed E-state index contributed by atoms with van der Waals surface area (Å²) in [6.07, 6.45) is 0. The predicted octanol–water partition coefficient (Wildman–Crippen LogP) is 5.37. The molecule has 0 aliphatic heterocycles. The number of nitrogens with zero attached hydrogens (tertiary/aromatic N) is 1. The maximum atomic E-state index is 6.24. The Kier molecular flexibility index (Phi) is 4.45. The highest BCUT2D eigenvalue weighted by atomic mass is 79.9. The maximum absolute atomic E-state index is 6.24. The van der Waals surface area contributed by atoms with Crippen LogP contribution in [0, 0.1) is 0 Å². The summed E-state index contributed by atoms with van der Waals surface area (Å²) in [5.41, 5.74) is 10.4. The second-order valence-electron chi connectivity index (χ2n) is 5.11. The first kappa shape index (κ1) is 14.7. The van der Waals surface area contributed by atoms with Crippen LogP contribution in [0.5, 0.6) is 0 Å². The molecule has 0 spiro atoms. The summed E-state index contributed by atoms with van der Waals surface area (Å²) < 4.78 is 0.987. The maximum Gasteiger partial charge on any atom is 0.0648 e. The molecule has 0 fully saturated rings. The van der Waals surface area contributed by atoms with Gasteiger partial charge < -0.3 is 10.6 Å². The van der Waals surface area contributed by atoms with Gasteiger partial charge in [-0.05, 0) is 35.9 Å². The molecule has 0 aliphatic carbocycles. The summed E-state index contributed by atoms with van der Waals surface area (Å²) in [7, 11) is 0. The molecule has 110 valence electrons. The third kappa shape index (κ3) is 3.31. The summed E-state index contributed by atoms with van der Waals surface area (Å²) in [6.45, 7) is 0.774. The van der Waals surface area contributed by atoms with Crippen LogP contribution in [0.1, 0.15) is 5.56 Å². The minimum atomic E-state index is 0.758. The van der Waals surface area contributed by atoms with E-state index in [-0.39, 0.29) is 0 Å². The van der Waals surface area contributed by atoms with E-state index >= 15 is 0 Å². The molecule has 22 heavy (non-hydrogen) atoms. The average molecular weight is 353 g/mol. The number of hydrogen-bond donors (Lipinski definition) is 1. The highest BCUT2D eigenvalue weighted by molar-refractivity contribution is 9.10. The van der Waals surface area contributed by atoms with Gasteiger partial charge in [-0.1, -0.05) is 64.5 Å². The Hall–Kier alpha value is -2.26. The van der Waals surface area contributed by atoms with E-state index in [1.807, 2.05) is 36.4 Å². The largest absolute Gasteiger partial charge is 0.397 e. The van der Waals surface area contributed by atoms with Gasteiger partial charge in [-0.2, -0.15) is 0 Å². The minimum Gasteiger partial charge on any atom is -0.397 e. The molecule has 3 aromatic carbocycles. The zero-order chi connectivity index (χ0) is 15.4. The van der Waals surface area contributed by atoms with Gasteiger partial charge in [-0.15, -0.1) is 0 Å². The first-order valence-electron chi connectivity index (χ1n) is 7.15. The number of rotatable bonds is 4.